The van der Waals surface area contributed by atoms with E-state index in [2.05, 4.69) is 33.4 Å². The number of rotatable bonds is 4. The van der Waals surface area contributed by atoms with Crippen molar-refractivity contribution in [1.29, 1.82) is 0 Å². The summed E-state index contributed by atoms with van der Waals surface area (Å²) >= 11 is 0. The summed E-state index contributed by atoms with van der Waals surface area (Å²) in [5, 5.41) is 2.90. The first-order valence-electron chi connectivity index (χ1n) is 9.75. The van der Waals surface area contributed by atoms with Crippen LogP contribution in [0.3, 0.4) is 0 Å². The first-order valence-corrected chi connectivity index (χ1v) is 9.75. The summed E-state index contributed by atoms with van der Waals surface area (Å²) in [4.78, 5) is 23.0. The summed E-state index contributed by atoms with van der Waals surface area (Å²) in [5.41, 5.74) is 5.66. The summed E-state index contributed by atoms with van der Waals surface area (Å²) in [6.07, 6.45) is 1.82. The molecule has 1 N–H and O–H groups in total. The maximum Gasteiger partial charge on any atom is 0.221 e. The van der Waals surface area contributed by atoms with Crippen molar-refractivity contribution in [1.82, 2.24) is 9.97 Å². The Hall–Kier alpha value is -3.25. The summed E-state index contributed by atoms with van der Waals surface area (Å²) in [7, 11) is 0. The smallest absolute Gasteiger partial charge is 0.221 e. The molecule has 0 atom stereocenters. The lowest BCUT2D eigenvalue weighted by molar-refractivity contribution is -0.114. The van der Waals surface area contributed by atoms with E-state index in [1.54, 1.807) is 0 Å². The Bertz CT molecular complexity index is 1010. The molecule has 3 aromatic rings. The van der Waals surface area contributed by atoms with E-state index in [1.165, 1.54) is 6.92 Å². The van der Waals surface area contributed by atoms with Gasteiger partial charge in [-0.3, -0.25) is 9.78 Å². The number of hydrogen-bond donors (Lipinski definition) is 1. The summed E-state index contributed by atoms with van der Waals surface area (Å²) in [6.45, 7) is 6.51. The van der Waals surface area contributed by atoms with Crippen molar-refractivity contribution in [2.75, 3.05) is 36.5 Å². The molecule has 148 valence electrons. The number of carbonyl (C=O) groups is 1. The van der Waals surface area contributed by atoms with E-state index in [0.717, 1.165) is 47.0 Å². The molecular formula is C23H24N4O2. The second kappa shape index (κ2) is 8.41. The van der Waals surface area contributed by atoms with E-state index in [1.807, 2.05) is 43.5 Å². The van der Waals surface area contributed by atoms with Crippen LogP contribution in [0, 0.1) is 6.92 Å². The van der Waals surface area contributed by atoms with E-state index in [0.29, 0.717) is 18.9 Å². The van der Waals surface area contributed by atoms with Crippen LogP contribution >= 0.6 is 0 Å². The maximum atomic E-state index is 11.7. The fraction of sp³-hybridized carbons (Fsp3) is 0.261. The van der Waals surface area contributed by atoms with Crippen molar-refractivity contribution in [2.24, 2.45) is 0 Å². The number of pyridine rings is 2. The molecule has 6 heteroatoms. The highest BCUT2D eigenvalue weighted by atomic mass is 16.5. The standard InChI is InChI=1S/C23H24N4O2/c1-16-15-20(9-10-24-16)18-3-5-19(6-4-18)23-21(25-17(2)28)7-8-22(26-23)27-11-13-29-14-12-27/h3-10,15H,11-14H2,1-2H3,(H,25,28). The molecule has 29 heavy (non-hydrogen) atoms. The first kappa shape index (κ1) is 19.1. The Morgan fingerprint density at radius 3 is 2.41 bits per heavy atom. The van der Waals surface area contributed by atoms with Crippen LogP contribution in [-0.4, -0.2) is 42.2 Å². The monoisotopic (exact) mass is 388 g/mol. The van der Waals surface area contributed by atoms with E-state index in [9.17, 15) is 4.79 Å². The van der Waals surface area contributed by atoms with E-state index in [4.69, 9.17) is 9.72 Å². The number of benzene rings is 1. The maximum absolute atomic E-state index is 11.7. The number of ether oxygens (including phenoxy) is 1. The Morgan fingerprint density at radius 2 is 1.72 bits per heavy atom. The van der Waals surface area contributed by atoms with Gasteiger partial charge in [0.1, 0.15) is 5.82 Å². The van der Waals surface area contributed by atoms with Gasteiger partial charge in [-0.05, 0) is 42.3 Å². The molecule has 1 fully saturated rings. The van der Waals surface area contributed by atoms with E-state index < -0.39 is 0 Å². The van der Waals surface area contributed by atoms with Crippen LogP contribution < -0.4 is 10.2 Å². The Morgan fingerprint density at radius 1 is 1.00 bits per heavy atom. The van der Waals surface area contributed by atoms with Crippen LogP contribution in [-0.2, 0) is 9.53 Å². The predicted octanol–water partition coefficient (Wildman–Crippen LogP) is 3.91. The quantitative estimate of drug-likeness (QED) is 0.734. The molecule has 0 unspecified atom stereocenters. The number of aryl methyl sites for hydroxylation is 1. The molecule has 1 amide bonds. The molecule has 3 heterocycles. The number of nitrogens with zero attached hydrogens (tertiary/aromatic N) is 3. The lowest BCUT2D eigenvalue weighted by Crippen LogP contribution is -2.36. The van der Waals surface area contributed by atoms with Crippen molar-refractivity contribution in [2.45, 2.75) is 13.8 Å². The number of aromatic nitrogens is 2. The molecule has 1 aliphatic heterocycles. The first-order chi connectivity index (χ1) is 14.1. The summed E-state index contributed by atoms with van der Waals surface area (Å²) in [6, 6.07) is 16.2. The summed E-state index contributed by atoms with van der Waals surface area (Å²) in [5.74, 6) is 0.780. The lowest BCUT2D eigenvalue weighted by Gasteiger charge is -2.28. The Balaban J connectivity index is 1.70. The van der Waals surface area contributed by atoms with E-state index >= 15 is 0 Å². The molecule has 0 saturated carbocycles. The molecule has 4 rings (SSSR count). The SMILES string of the molecule is CC(=O)Nc1ccc(N2CCOCC2)nc1-c1ccc(-c2ccnc(C)c2)cc1. The topological polar surface area (TPSA) is 67.4 Å². The van der Waals surface area contributed by atoms with Gasteiger partial charge in [-0.15, -0.1) is 0 Å². The molecule has 2 aromatic heterocycles. The minimum absolute atomic E-state index is 0.115. The van der Waals surface area contributed by atoms with Crippen LogP contribution in [0.5, 0.6) is 0 Å². The fourth-order valence-corrected chi connectivity index (χ4v) is 3.47. The zero-order valence-electron chi connectivity index (χ0n) is 16.7. The zero-order valence-corrected chi connectivity index (χ0v) is 16.7. The van der Waals surface area contributed by atoms with Crippen molar-refractivity contribution in [3.8, 4) is 22.4 Å². The Labute approximate surface area is 170 Å². The molecule has 0 radical (unpaired) electrons. The van der Waals surface area contributed by atoms with Gasteiger partial charge in [-0.1, -0.05) is 24.3 Å². The highest BCUT2D eigenvalue weighted by Crippen LogP contribution is 2.31. The molecule has 1 aromatic carbocycles. The summed E-state index contributed by atoms with van der Waals surface area (Å²) < 4.78 is 5.45. The fourth-order valence-electron chi connectivity index (χ4n) is 3.47. The lowest BCUT2D eigenvalue weighted by atomic mass is 10.0. The number of nitrogens with one attached hydrogen (secondary N) is 1. The van der Waals surface area contributed by atoms with Crippen molar-refractivity contribution in [3.63, 3.8) is 0 Å². The van der Waals surface area contributed by atoms with Crippen molar-refractivity contribution in [3.05, 3.63) is 60.4 Å². The molecule has 0 spiro atoms. The molecule has 0 bridgehead atoms. The highest BCUT2D eigenvalue weighted by molar-refractivity contribution is 5.93. The van der Waals surface area contributed by atoms with Crippen LogP contribution in [0.15, 0.2) is 54.7 Å². The third-order valence-corrected chi connectivity index (χ3v) is 4.91. The van der Waals surface area contributed by atoms with Crippen LogP contribution in [0.4, 0.5) is 11.5 Å². The van der Waals surface area contributed by atoms with Crippen molar-refractivity contribution < 1.29 is 9.53 Å². The molecule has 0 aliphatic carbocycles. The predicted molar refractivity (Wildman–Crippen MR) is 115 cm³/mol. The van der Waals surface area contributed by atoms with Gasteiger partial charge in [-0.2, -0.15) is 0 Å². The number of morpholine rings is 1. The largest absolute Gasteiger partial charge is 0.378 e. The third-order valence-electron chi connectivity index (χ3n) is 4.91. The van der Waals surface area contributed by atoms with Crippen molar-refractivity contribution >= 4 is 17.4 Å². The average molecular weight is 388 g/mol. The molecule has 1 saturated heterocycles. The second-order valence-electron chi connectivity index (χ2n) is 7.11. The Kier molecular flexibility index (Phi) is 5.53. The van der Waals surface area contributed by atoms with Gasteiger partial charge in [0.15, 0.2) is 0 Å². The zero-order chi connectivity index (χ0) is 20.2. The van der Waals surface area contributed by atoms with Gasteiger partial charge in [0, 0.05) is 37.5 Å². The number of hydrogen-bond acceptors (Lipinski definition) is 5. The van der Waals surface area contributed by atoms with Gasteiger partial charge in [0.2, 0.25) is 5.91 Å². The third kappa shape index (κ3) is 4.43. The minimum Gasteiger partial charge on any atom is -0.378 e. The number of carbonyl (C=O) groups excluding carboxylic acids is 1. The van der Waals surface area contributed by atoms with Crippen LogP contribution in [0.2, 0.25) is 0 Å². The van der Waals surface area contributed by atoms with Gasteiger partial charge < -0.3 is 15.0 Å². The second-order valence-corrected chi connectivity index (χ2v) is 7.11. The molecule has 6 nitrogen and oxygen atoms in total. The molecule has 1 aliphatic rings. The average Bonchev–Trinajstić information content (AvgIpc) is 2.74. The van der Waals surface area contributed by atoms with Gasteiger partial charge in [-0.25, -0.2) is 4.98 Å². The highest BCUT2D eigenvalue weighted by Gasteiger charge is 2.16. The van der Waals surface area contributed by atoms with Gasteiger partial charge in [0.05, 0.1) is 24.6 Å². The number of anilines is 2. The molecular weight excluding hydrogens is 364 g/mol. The van der Waals surface area contributed by atoms with E-state index in [-0.39, 0.29) is 5.91 Å². The normalized spacial score (nSPS) is 13.9. The van der Waals surface area contributed by atoms with Crippen LogP contribution in [0.1, 0.15) is 12.6 Å². The van der Waals surface area contributed by atoms with Gasteiger partial charge in [0.25, 0.3) is 0 Å². The van der Waals surface area contributed by atoms with Gasteiger partial charge >= 0.3 is 0 Å². The number of amides is 1. The minimum atomic E-state index is -0.115. The van der Waals surface area contributed by atoms with Crippen LogP contribution in [0.25, 0.3) is 22.4 Å².